The number of alkyl carbamates (subject to hydrolysis) is 1. The molecule has 1 aromatic carbocycles. The molecule has 122 valence electrons. The molecule has 0 atom stereocenters. The van der Waals surface area contributed by atoms with Gasteiger partial charge in [-0.15, -0.1) is 0 Å². The van der Waals surface area contributed by atoms with Gasteiger partial charge in [0.25, 0.3) is 0 Å². The number of benzene rings is 1. The summed E-state index contributed by atoms with van der Waals surface area (Å²) in [7, 11) is 0. The molecule has 1 rings (SSSR count). The molecule has 4 nitrogen and oxygen atoms in total. The van der Waals surface area contributed by atoms with Crippen molar-refractivity contribution >= 4 is 6.09 Å². The van der Waals surface area contributed by atoms with Gasteiger partial charge in [-0.25, -0.2) is 13.6 Å². The average Bonchev–Trinajstić information content (AvgIpc) is 2.39. The van der Waals surface area contributed by atoms with Crippen LogP contribution in [0.1, 0.15) is 26.3 Å². The number of halogens is 2. The molecule has 1 amide bonds. The van der Waals surface area contributed by atoms with Gasteiger partial charge in [0, 0.05) is 19.6 Å². The third-order valence-electron chi connectivity index (χ3n) is 2.51. The summed E-state index contributed by atoms with van der Waals surface area (Å²) in [6.45, 7) is 6.73. The molecule has 0 aliphatic rings. The molecule has 2 N–H and O–H groups in total. The van der Waals surface area contributed by atoms with E-state index in [1.165, 1.54) is 6.07 Å². The molecule has 0 radical (unpaired) electrons. The smallest absolute Gasteiger partial charge is 0.407 e. The zero-order chi connectivity index (χ0) is 16.6. The Bertz CT molecular complexity index is 525. The fourth-order valence-corrected chi connectivity index (χ4v) is 1.57. The molecule has 0 saturated carbocycles. The van der Waals surface area contributed by atoms with Gasteiger partial charge in [0.05, 0.1) is 0 Å². The summed E-state index contributed by atoms with van der Waals surface area (Å²) < 4.78 is 30.8. The van der Waals surface area contributed by atoms with Crippen LogP contribution in [0.25, 0.3) is 0 Å². The van der Waals surface area contributed by atoms with Crippen molar-refractivity contribution in [3.05, 3.63) is 47.5 Å². The Morgan fingerprint density at radius 3 is 2.50 bits per heavy atom. The van der Waals surface area contributed by atoms with Crippen LogP contribution in [0.3, 0.4) is 0 Å². The van der Waals surface area contributed by atoms with Gasteiger partial charge in [-0.3, -0.25) is 0 Å². The predicted octanol–water partition coefficient (Wildman–Crippen LogP) is 3.14. The summed E-state index contributed by atoms with van der Waals surface area (Å²) in [5.41, 5.74) is 0.152. The highest BCUT2D eigenvalue weighted by Gasteiger charge is 2.14. The van der Waals surface area contributed by atoms with Crippen molar-refractivity contribution in [2.24, 2.45) is 0 Å². The largest absolute Gasteiger partial charge is 0.444 e. The summed E-state index contributed by atoms with van der Waals surface area (Å²) in [4.78, 5) is 11.3. The molecular formula is C16H22F2N2O2. The van der Waals surface area contributed by atoms with E-state index in [-0.39, 0.29) is 0 Å². The lowest BCUT2D eigenvalue weighted by Gasteiger charge is -2.19. The number of rotatable bonds is 6. The molecule has 0 spiro atoms. The monoisotopic (exact) mass is 312 g/mol. The lowest BCUT2D eigenvalue weighted by atomic mass is 10.2. The highest BCUT2D eigenvalue weighted by molar-refractivity contribution is 5.67. The Kier molecular flexibility index (Phi) is 6.98. The van der Waals surface area contributed by atoms with Gasteiger partial charge in [0.1, 0.15) is 5.60 Å². The van der Waals surface area contributed by atoms with E-state index in [0.29, 0.717) is 25.2 Å². The highest BCUT2D eigenvalue weighted by Crippen LogP contribution is 2.08. The van der Waals surface area contributed by atoms with Gasteiger partial charge >= 0.3 is 6.09 Å². The maximum atomic E-state index is 13.0. The van der Waals surface area contributed by atoms with Crippen molar-refractivity contribution < 1.29 is 18.3 Å². The number of nitrogens with one attached hydrogen (secondary N) is 2. The molecule has 0 heterocycles. The van der Waals surface area contributed by atoms with Gasteiger partial charge in [-0.1, -0.05) is 18.2 Å². The molecular weight excluding hydrogens is 290 g/mol. The van der Waals surface area contributed by atoms with Crippen LogP contribution >= 0.6 is 0 Å². The van der Waals surface area contributed by atoms with E-state index in [4.69, 9.17) is 4.74 Å². The van der Waals surface area contributed by atoms with Crippen molar-refractivity contribution in [2.45, 2.75) is 32.9 Å². The third kappa shape index (κ3) is 7.73. The number of amides is 1. The van der Waals surface area contributed by atoms with Crippen LogP contribution < -0.4 is 10.6 Å². The second-order valence-electron chi connectivity index (χ2n) is 5.73. The highest BCUT2D eigenvalue weighted by atomic mass is 19.2. The van der Waals surface area contributed by atoms with Gasteiger partial charge < -0.3 is 15.4 Å². The van der Waals surface area contributed by atoms with Crippen LogP contribution in [0.15, 0.2) is 30.4 Å². The van der Waals surface area contributed by atoms with E-state index in [9.17, 15) is 13.6 Å². The van der Waals surface area contributed by atoms with E-state index in [1.807, 2.05) is 6.08 Å². The first-order chi connectivity index (χ1) is 10.3. The van der Waals surface area contributed by atoms with E-state index in [0.717, 1.165) is 12.1 Å². The van der Waals surface area contributed by atoms with Crippen LogP contribution in [0.5, 0.6) is 0 Å². The standard InChI is InChI=1S/C16H22F2N2O2/c1-16(2,3)22-15(21)20-9-5-4-8-19-11-12-6-7-13(17)14(18)10-12/h4-7,10,19H,8-9,11H2,1-3H3,(H,20,21)/b5-4+. The lowest BCUT2D eigenvalue weighted by molar-refractivity contribution is 0.0534. The first-order valence-electron chi connectivity index (χ1n) is 7.04. The van der Waals surface area contributed by atoms with Crippen molar-refractivity contribution in [3.63, 3.8) is 0 Å². The third-order valence-corrected chi connectivity index (χ3v) is 2.51. The maximum Gasteiger partial charge on any atom is 0.407 e. The van der Waals surface area contributed by atoms with E-state index < -0.39 is 23.3 Å². The Hall–Kier alpha value is -1.95. The van der Waals surface area contributed by atoms with Gasteiger partial charge in [0.2, 0.25) is 0 Å². The normalized spacial score (nSPS) is 11.7. The summed E-state index contributed by atoms with van der Waals surface area (Å²) in [5.74, 6) is -1.70. The van der Waals surface area contributed by atoms with Crippen molar-refractivity contribution in [1.82, 2.24) is 10.6 Å². The topological polar surface area (TPSA) is 50.4 Å². The molecule has 0 fully saturated rings. The molecule has 0 aliphatic heterocycles. The number of carbonyl (C=O) groups is 1. The summed E-state index contributed by atoms with van der Waals surface area (Å²) in [6, 6.07) is 3.79. The number of carbonyl (C=O) groups excluding carboxylic acids is 1. The van der Waals surface area contributed by atoms with Crippen molar-refractivity contribution in [3.8, 4) is 0 Å². The molecule has 0 bridgehead atoms. The molecule has 0 saturated heterocycles. The van der Waals surface area contributed by atoms with Crippen LogP contribution in [0.2, 0.25) is 0 Å². The minimum atomic E-state index is -0.851. The van der Waals surface area contributed by atoms with Crippen molar-refractivity contribution in [1.29, 1.82) is 0 Å². The summed E-state index contributed by atoms with van der Waals surface area (Å²) in [5, 5.41) is 5.65. The SMILES string of the molecule is CC(C)(C)OC(=O)NC/C=C/CNCc1ccc(F)c(F)c1. The molecule has 6 heteroatoms. The number of hydrogen-bond donors (Lipinski definition) is 2. The van der Waals surface area contributed by atoms with Gasteiger partial charge in [-0.2, -0.15) is 0 Å². The lowest BCUT2D eigenvalue weighted by Crippen LogP contribution is -2.32. The zero-order valence-corrected chi connectivity index (χ0v) is 13.1. The van der Waals surface area contributed by atoms with Crippen LogP contribution in [-0.4, -0.2) is 24.8 Å². The van der Waals surface area contributed by atoms with E-state index in [2.05, 4.69) is 10.6 Å². The Morgan fingerprint density at radius 1 is 1.18 bits per heavy atom. The number of ether oxygens (including phenoxy) is 1. The summed E-state index contributed by atoms with van der Waals surface area (Å²) >= 11 is 0. The molecule has 0 aromatic heterocycles. The molecule has 0 aliphatic carbocycles. The Labute approximate surface area is 129 Å². The van der Waals surface area contributed by atoms with Crippen LogP contribution in [-0.2, 0) is 11.3 Å². The summed E-state index contributed by atoms with van der Waals surface area (Å²) in [6.07, 6.45) is 3.14. The zero-order valence-electron chi connectivity index (χ0n) is 13.1. The second-order valence-corrected chi connectivity index (χ2v) is 5.73. The second kappa shape index (κ2) is 8.48. The first kappa shape index (κ1) is 18.1. The number of hydrogen-bond acceptors (Lipinski definition) is 3. The maximum absolute atomic E-state index is 13.0. The Morgan fingerprint density at radius 2 is 1.86 bits per heavy atom. The Balaban J connectivity index is 2.16. The minimum absolute atomic E-state index is 0.363. The van der Waals surface area contributed by atoms with Gasteiger partial charge in [0.15, 0.2) is 11.6 Å². The van der Waals surface area contributed by atoms with Crippen molar-refractivity contribution in [2.75, 3.05) is 13.1 Å². The van der Waals surface area contributed by atoms with Crippen LogP contribution in [0.4, 0.5) is 13.6 Å². The first-order valence-corrected chi connectivity index (χ1v) is 7.04. The molecule has 0 unspecified atom stereocenters. The average molecular weight is 312 g/mol. The van der Waals surface area contributed by atoms with E-state index in [1.54, 1.807) is 26.8 Å². The minimum Gasteiger partial charge on any atom is -0.444 e. The molecule has 22 heavy (non-hydrogen) atoms. The fourth-order valence-electron chi connectivity index (χ4n) is 1.57. The predicted molar refractivity (Wildman–Crippen MR) is 81.4 cm³/mol. The fraction of sp³-hybridized carbons (Fsp3) is 0.438. The van der Waals surface area contributed by atoms with E-state index >= 15 is 0 Å². The quantitative estimate of drug-likeness (QED) is 0.627. The van der Waals surface area contributed by atoms with Crippen LogP contribution in [0, 0.1) is 11.6 Å². The van der Waals surface area contributed by atoms with Gasteiger partial charge in [-0.05, 0) is 38.5 Å². The molecule has 1 aromatic rings.